The molecule has 0 saturated heterocycles. The van der Waals surface area contributed by atoms with Crippen molar-refractivity contribution in [2.45, 2.75) is 19.6 Å². The Morgan fingerprint density at radius 3 is 3.05 bits per heavy atom. The standard InChI is InChI=1S/C15H13ClN4O/c16-14-13-15(18-5-4-17-13)20(19-14)8-10-1-2-11-3-6-21-9-12(11)7-10/h1-2,4-5,7H,3,6,8-9H2. The van der Waals surface area contributed by atoms with Crippen LogP contribution in [0.1, 0.15) is 16.7 Å². The predicted molar refractivity (Wildman–Crippen MR) is 79.2 cm³/mol. The van der Waals surface area contributed by atoms with Gasteiger partial charge in [0.2, 0.25) is 0 Å². The molecule has 1 aromatic carbocycles. The summed E-state index contributed by atoms with van der Waals surface area (Å²) in [5.41, 5.74) is 5.13. The predicted octanol–water partition coefficient (Wildman–Crippen LogP) is 2.60. The molecule has 5 nitrogen and oxygen atoms in total. The average molecular weight is 301 g/mol. The maximum atomic E-state index is 6.10. The first kappa shape index (κ1) is 12.7. The van der Waals surface area contributed by atoms with E-state index in [2.05, 4.69) is 33.3 Å². The van der Waals surface area contributed by atoms with Crippen LogP contribution in [0.3, 0.4) is 0 Å². The quantitative estimate of drug-likeness (QED) is 0.730. The summed E-state index contributed by atoms with van der Waals surface area (Å²) in [5.74, 6) is 0. The van der Waals surface area contributed by atoms with E-state index in [9.17, 15) is 0 Å². The molecule has 0 atom stereocenters. The van der Waals surface area contributed by atoms with Crippen LogP contribution in [0, 0.1) is 0 Å². The second-order valence-electron chi connectivity index (χ2n) is 5.08. The zero-order valence-electron chi connectivity index (χ0n) is 11.3. The summed E-state index contributed by atoms with van der Waals surface area (Å²) in [6.45, 7) is 2.11. The number of rotatable bonds is 2. The molecule has 6 heteroatoms. The molecule has 3 heterocycles. The number of hydrogen-bond acceptors (Lipinski definition) is 4. The van der Waals surface area contributed by atoms with Gasteiger partial charge in [-0.1, -0.05) is 29.8 Å². The second kappa shape index (κ2) is 5.09. The van der Waals surface area contributed by atoms with Crippen molar-refractivity contribution in [2.24, 2.45) is 0 Å². The van der Waals surface area contributed by atoms with E-state index in [4.69, 9.17) is 16.3 Å². The Morgan fingerprint density at radius 2 is 2.10 bits per heavy atom. The Morgan fingerprint density at radius 1 is 1.19 bits per heavy atom. The monoisotopic (exact) mass is 300 g/mol. The number of benzene rings is 1. The SMILES string of the molecule is Clc1nn(Cc2ccc3c(c2)COCC3)c2nccnc12. The van der Waals surface area contributed by atoms with Gasteiger partial charge in [-0.15, -0.1) is 0 Å². The number of nitrogens with zero attached hydrogens (tertiary/aromatic N) is 4. The molecule has 0 spiro atoms. The molecule has 0 N–H and O–H groups in total. The van der Waals surface area contributed by atoms with Crippen LogP contribution < -0.4 is 0 Å². The third-order valence-corrected chi connectivity index (χ3v) is 3.96. The Bertz CT molecular complexity index is 815. The number of fused-ring (bicyclic) bond motifs is 2. The van der Waals surface area contributed by atoms with Crippen molar-refractivity contribution >= 4 is 22.8 Å². The smallest absolute Gasteiger partial charge is 0.179 e. The minimum absolute atomic E-state index is 0.388. The van der Waals surface area contributed by atoms with Crippen molar-refractivity contribution in [1.82, 2.24) is 19.7 Å². The van der Waals surface area contributed by atoms with E-state index in [1.54, 1.807) is 17.1 Å². The summed E-state index contributed by atoms with van der Waals surface area (Å²) < 4.78 is 7.30. The molecular formula is C15H13ClN4O. The molecule has 0 amide bonds. The van der Waals surface area contributed by atoms with Crippen LogP contribution >= 0.6 is 11.6 Å². The van der Waals surface area contributed by atoms with Crippen LogP contribution in [0.15, 0.2) is 30.6 Å². The van der Waals surface area contributed by atoms with Crippen molar-refractivity contribution in [3.8, 4) is 0 Å². The van der Waals surface area contributed by atoms with Crippen molar-refractivity contribution in [3.05, 3.63) is 52.4 Å². The molecule has 0 bridgehead atoms. The van der Waals surface area contributed by atoms with Crippen molar-refractivity contribution < 1.29 is 4.74 Å². The van der Waals surface area contributed by atoms with Gasteiger partial charge in [0.25, 0.3) is 0 Å². The molecule has 0 radical (unpaired) electrons. The molecule has 0 fully saturated rings. The zero-order chi connectivity index (χ0) is 14.2. The number of aromatic nitrogens is 4. The fraction of sp³-hybridized carbons (Fsp3) is 0.267. The van der Waals surface area contributed by atoms with E-state index >= 15 is 0 Å². The van der Waals surface area contributed by atoms with Crippen LogP contribution in [-0.2, 0) is 24.3 Å². The molecule has 3 aromatic rings. The molecule has 0 aliphatic carbocycles. The lowest BCUT2D eigenvalue weighted by molar-refractivity contribution is 0.110. The van der Waals surface area contributed by atoms with E-state index in [0.717, 1.165) is 18.6 Å². The fourth-order valence-corrected chi connectivity index (χ4v) is 2.89. The van der Waals surface area contributed by atoms with Gasteiger partial charge in [0.15, 0.2) is 10.8 Å². The second-order valence-corrected chi connectivity index (χ2v) is 5.44. The lowest BCUT2D eigenvalue weighted by Gasteiger charge is -2.17. The Kier molecular flexibility index (Phi) is 3.09. The van der Waals surface area contributed by atoms with Crippen molar-refractivity contribution in [3.63, 3.8) is 0 Å². The summed E-state index contributed by atoms with van der Waals surface area (Å²) in [5, 5.41) is 4.71. The molecule has 0 saturated carbocycles. The molecule has 2 aromatic heterocycles. The van der Waals surface area contributed by atoms with E-state index in [-0.39, 0.29) is 0 Å². The van der Waals surface area contributed by atoms with E-state index in [1.807, 2.05) is 0 Å². The highest BCUT2D eigenvalue weighted by Crippen LogP contribution is 2.22. The van der Waals surface area contributed by atoms with Gasteiger partial charge >= 0.3 is 0 Å². The van der Waals surface area contributed by atoms with Gasteiger partial charge in [-0.25, -0.2) is 14.6 Å². The highest BCUT2D eigenvalue weighted by atomic mass is 35.5. The third-order valence-electron chi connectivity index (χ3n) is 3.70. The number of hydrogen-bond donors (Lipinski definition) is 0. The summed E-state index contributed by atoms with van der Waals surface area (Å²) in [4.78, 5) is 8.53. The molecule has 106 valence electrons. The Hall–Kier alpha value is -1.98. The lowest BCUT2D eigenvalue weighted by atomic mass is 10.0. The minimum Gasteiger partial charge on any atom is -0.376 e. The van der Waals surface area contributed by atoms with Gasteiger partial charge in [0.05, 0.1) is 19.8 Å². The summed E-state index contributed by atoms with van der Waals surface area (Å²) in [6.07, 6.45) is 4.26. The first-order valence-electron chi connectivity index (χ1n) is 6.83. The van der Waals surface area contributed by atoms with Crippen LogP contribution in [0.5, 0.6) is 0 Å². The number of ether oxygens (including phenoxy) is 1. The zero-order valence-corrected chi connectivity index (χ0v) is 12.0. The molecular weight excluding hydrogens is 288 g/mol. The molecule has 4 rings (SSSR count). The Balaban J connectivity index is 1.71. The first-order valence-corrected chi connectivity index (χ1v) is 7.20. The van der Waals surface area contributed by atoms with Crippen molar-refractivity contribution in [2.75, 3.05) is 6.61 Å². The fourth-order valence-electron chi connectivity index (χ4n) is 2.67. The van der Waals surface area contributed by atoms with Gasteiger partial charge in [-0.3, -0.25) is 0 Å². The summed E-state index contributed by atoms with van der Waals surface area (Å²) in [7, 11) is 0. The third kappa shape index (κ3) is 2.28. The maximum Gasteiger partial charge on any atom is 0.179 e. The maximum absolute atomic E-state index is 6.10. The molecule has 1 aliphatic heterocycles. The van der Waals surface area contributed by atoms with Crippen LogP contribution in [-0.4, -0.2) is 26.4 Å². The van der Waals surface area contributed by atoms with E-state index in [1.165, 1.54) is 11.1 Å². The highest BCUT2D eigenvalue weighted by molar-refractivity contribution is 6.33. The van der Waals surface area contributed by atoms with Crippen LogP contribution in [0.2, 0.25) is 5.15 Å². The van der Waals surface area contributed by atoms with E-state index < -0.39 is 0 Å². The van der Waals surface area contributed by atoms with Gasteiger partial charge < -0.3 is 4.74 Å². The number of halogens is 1. The van der Waals surface area contributed by atoms with Crippen LogP contribution in [0.25, 0.3) is 11.2 Å². The molecule has 21 heavy (non-hydrogen) atoms. The van der Waals surface area contributed by atoms with Crippen LogP contribution in [0.4, 0.5) is 0 Å². The summed E-state index contributed by atoms with van der Waals surface area (Å²) >= 11 is 6.10. The highest BCUT2D eigenvalue weighted by Gasteiger charge is 2.13. The largest absolute Gasteiger partial charge is 0.376 e. The summed E-state index contributed by atoms with van der Waals surface area (Å²) in [6, 6.07) is 6.47. The Labute approximate surface area is 126 Å². The van der Waals surface area contributed by atoms with E-state index in [0.29, 0.717) is 29.5 Å². The van der Waals surface area contributed by atoms with Crippen molar-refractivity contribution in [1.29, 1.82) is 0 Å². The van der Waals surface area contributed by atoms with Gasteiger partial charge in [0.1, 0.15) is 5.52 Å². The van der Waals surface area contributed by atoms with Gasteiger partial charge in [-0.2, -0.15) is 5.10 Å². The lowest BCUT2D eigenvalue weighted by Crippen LogP contribution is -2.11. The topological polar surface area (TPSA) is 52.8 Å². The molecule has 1 aliphatic rings. The first-order chi connectivity index (χ1) is 10.3. The van der Waals surface area contributed by atoms with Gasteiger partial charge in [0, 0.05) is 12.4 Å². The minimum atomic E-state index is 0.388. The molecule has 0 unspecified atom stereocenters. The van der Waals surface area contributed by atoms with Gasteiger partial charge in [-0.05, 0) is 23.1 Å². The normalized spacial score (nSPS) is 14.3. The average Bonchev–Trinajstić information content (AvgIpc) is 2.84.